The molecule has 1 aromatic carbocycles. The van der Waals surface area contributed by atoms with E-state index in [1.165, 1.54) is 12.1 Å². The Morgan fingerprint density at radius 1 is 1.26 bits per heavy atom. The van der Waals surface area contributed by atoms with Crippen molar-refractivity contribution in [2.45, 2.75) is 45.3 Å². The molecule has 0 aromatic heterocycles. The van der Waals surface area contributed by atoms with Crippen molar-refractivity contribution in [3.8, 4) is 0 Å². The summed E-state index contributed by atoms with van der Waals surface area (Å²) < 4.78 is 5.26. The summed E-state index contributed by atoms with van der Waals surface area (Å²) in [6.07, 6.45) is 1.25. The number of carbonyl (C=O) groups is 1. The summed E-state index contributed by atoms with van der Waals surface area (Å²) in [7, 11) is 0. The number of nitro groups is 1. The van der Waals surface area contributed by atoms with E-state index in [1.54, 1.807) is 12.1 Å². The van der Waals surface area contributed by atoms with Gasteiger partial charge in [-0.05, 0) is 45.7 Å². The molecule has 0 unspecified atom stereocenters. The van der Waals surface area contributed by atoms with E-state index in [2.05, 4.69) is 10.2 Å². The molecule has 1 aliphatic rings. The van der Waals surface area contributed by atoms with Crippen molar-refractivity contribution in [2.24, 2.45) is 0 Å². The van der Waals surface area contributed by atoms with Gasteiger partial charge in [-0.3, -0.25) is 10.1 Å². The zero-order chi connectivity index (χ0) is 17.0. The summed E-state index contributed by atoms with van der Waals surface area (Å²) in [5, 5.41) is 13.6. The summed E-state index contributed by atoms with van der Waals surface area (Å²) in [4.78, 5) is 24.2. The average Bonchev–Trinajstić information content (AvgIpc) is 2.46. The van der Waals surface area contributed by atoms with E-state index in [1.807, 2.05) is 20.8 Å². The molecule has 0 bridgehead atoms. The second kappa shape index (κ2) is 6.85. The molecule has 0 atom stereocenters. The number of piperidine rings is 1. The van der Waals surface area contributed by atoms with Crippen LogP contribution < -0.4 is 10.2 Å². The number of carbonyl (C=O) groups excluding carboxylic acids is 1. The zero-order valence-electron chi connectivity index (χ0n) is 13.7. The molecule has 1 heterocycles. The number of non-ortho nitro benzene ring substituents is 1. The molecule has 1 saturated heterocycles. The number of ether oxygens (including phenoxy) is 1. The van der Waals surface area contributed by atoms with Gasteiger partial charge in [0.05, 0.1) is 4.92 Å². The van der Waals surface area contributed by atoms with Crippen LogP contribution in [0.25, 0.3) is 0 Å². The highest BCUT2D eigenvalue weighted by atomic mass is 16.6. The van der Waals surface area contributed by atoms with Crippen LogP contribution in [0.3, 0.4) is 0 Å². The van der Waals surface area contributed by atoms with Gasteiger partial charge < -0.3 is 15.0 Å². The van der Waals surface area contributed by atoms with Crippen molar-refractivity contribution in [3.63, 3.8) is 0 Å². The van der Waals surface area contributed by atoms with Gasteiger partial charge in [0.1, 0.15) is 5.60 Å². The lowest BCUT2D eigenvalue weighted by Crippen LogP contribution is -2.46. The molecule has 1 aliphatic heterocycles. The largest absolute Gasteiger partial charge is 0.444 e. The van der Waals surface area contributed by atoms with Crippen molar-refractivity contribution in [1.29, 1.82) is 0 Å². The van der Waals surface area contributed by atoms with E-state index in [-0.39, 0.29) is 17.8 Å². The first-order valence-electron chi connectivity index (χ1n) is 7.73. The minimum absolute atomic E-state index is 0.0928. The lowest BCUT2D eigenvalue weighted by Gasteiger charge is -2.34. The minimum Gasteiger partial charge on any atom is -0.444 e. The number of nitrogens with one attached hydrogen (secondary N) is 1. The van der Waals surface area contributed by atoms with Crippen LogP contribution in [0.2, 0.25) is 0 Å². The molecule has 1 aromatic rings. The molecule has 1 amide bonds. The van der Waals surface area contributed by atoms with Gasteiger partial charge in [-0.1, -0.05) is 0 Å². The number of nitro benzene ring substituents is 1. The van der Waals surface area contributed by atoms with Crippen molar-refractivity contribution < 1.29 is 14.5 Å². The maximum absolute atomic E-state index is 11.8. The number of amides is 1. The van der Waals surface area contributed by atoms with Gasteiger partial charge in [-0.25, -0.2) is 4.79 Å². The second-order valence-corrected chi connectivity index (χ2v) is 6.68. The van der Waals surface area contributed by atoms with Gasteiger partial charge in [-0.15, -0.1) is 0 Å². The van der Waals surface area contributed by atoms with Crippen LogP contribution in [0.5, 0.6) is 0 Å². The molecule has 23 heavy (non-hydrogen) atoms. The fraction of sp³-hybridized carbons (Fsp3) is 0.562. The molecule has 1 N–H and O–H groups in total. The van der Waals surface area contributed by atoms with Crippen molar-refractivity contribution in [3.05, 3.63) is 34.4 Å². The lowest BCUT2D eigenvalue weighted by atomic mass is 10.0. The summed E-state index contributed by atoms with van der Waals surface area (Å²) >= 11 is 0. The van der Waals surface area contributed by atoms with Gasteiger partial charge in [-0.2, -0.15) is 0 Å². The molecule has 2 rings (SSSR count). The monoisotopic (exact) mass is 321 g/mol. The fourth-order valence-corrected chi connectivity index (χ4v) is 2.54. The third kappa shape index (κ3) is 5.12. The van der Waals surface area contributed by atoms with Crippen LogP contribution in [0.4, 0.5) is 16.2 Å². The van der Waals surface area contributed by atoms with Crippen molar-refractivity contribution in [2.75, 3.05) is 18.0 Å². The molecule has 0 radical (unpaired) electrons. The first kappa shape index (κ1) is 17.1. The highest BCUT2D eigenvalue weighted by Crippen LogP contribution is 2.23. The average molecular weight is 321 g/mol. The fourth-order valence-electron chi connectivity index (χ4n) is 2.54. The summed E-state index contributed by atoms with van der Waals surface area (Å²) in [5.41, 5.74) is 0.561. The number of benzene rings is 1. The molecule has 7 heteroatoms. The van der Waals surface area contributed by atoms with Crippen molar-refractivity contribution >= 4 is 17.5 Å². The number of nitrogens with zero attached hydrogens (tertiary/aromatic N) is 2. The Morgan fingerprint density at radius 2 is 1.83 bits per heavy atom. The van der Waals surface area contributed by atoms with E-state index in [0.717, 1.165) is 31.6 Å². The summed E-state index contributed by atoms with van der Waals surface area (Å²) in [6, 6.07) is 6.65. The number of rotatable bonds is 3. The van der Waals surface area contributed by atoms with E-state index >= 15 is 0 Å². The highest BCUT2D eigenvalue weighted by molar-refractivity contribution is 5.68. The smallest absolute Gasteiger partial charge is 0.407 e. The number of hydrogen-bond acceptors (Lipinski definition) is 5. The molecule has 126 valence electrons. The van der Waals surface area contributed by atoms with Gasteiger partial charge in [0.2, 0.25) is 0 Å². The quantitative estimate of drug-likeness (QED) is 0.683. The van der Waals surface area contributed by atoms with E-state index in [9.17, 15) is 14.9 Å². The number of alkyl carbamates (subject to hydrolysis) is 1. The molecule has 0 aliphatic carbocycles. The van der Waals surface area contributed by atoms with Crippen LogP contribution in [0.1, 0.15) is 33.6 Å². The first-order valence-corrected chi connectivity index (χ1v) is 7.73. The van der Waals surface area contributed by atoms with Gasteiger partial charge in [0.15, 0.2) is 0 Å². The Morgan fingerprint density at radius 3 is 2.30 bits per heavy atom. The minimum atomic E-state index is -0.496. The van der Waals surface area contributed by atoms with Crippen LogP contribution in [-0.2, 0) is 4.74 Å². The Hall–Kier alpha value is -2.31. The lowest BCUT2D eigenvalue weighted by molar-refractivity contribution is -0.384. The van der Waals surface area contributed by atoms with E-state index in [0.29, 0.717) is 0 Å². The molecule has 0 spiro atoms. The van der Waals surface area contributed by atoms with Gasteiger partial charge >= 0.3 is 6.09 Å². The Bertz CT molecular complexity index is 558. The van der Waals surface area contributed by atoms with Crippen LogP contribution in [0.15, 0.2) is 24.3 Å². The highest BCUT2D eigenvalue weighted by Gasteiger charge is 2.23. The van der Waals surface area contributed by atoms with Gasteiger partial charge in [0.25, 0.3) is 5.69 Å². The summed E-state index contributed by atoms with van der Waals surface area (Å²) in [5.74, 6) is 0. The Kier molecular flexibility index (Phi) is 5.08. The van der Waals surface area contributed by atoms with Gasteiger partial charge in [0, 0.05) is 37.0 Å². The SMILES string of the molecule is CC(C)(C)OC(=O)NC1CCN(c2ccc([N+](=O)[O-])cc2)CC1. The maximum Gasteiger partial charge on any atom is 0.407 e. The third-order valence-electron chi connectivity index (χ3n) is 3.64. The van der Waals surface area contributed by atoms with Crippen molar-refractivity contribution in [1.82, 2.24) is 5.32 Å². The molecular formula is C16H23N3O4. The number of hydrogen-bond donors (Lipinski definition) is 1. The number of anilines is 1. The normalized spacial score (nSPS) is 16.0. The topological polar surface area (TPSA) is 84.7 Å². The standard InChI is InChI=1S/C16H23N3O4/c1-16(2,3)23-15(20)17-12-8-10-18(11-9-12)13-4-6-14(7-5-13)19(21)22/h4-7,12H,8-11H2,1-3H3,(H,17,20). The summed E-state index contributed by atoms with van der Waals surface area (Å²) in [6.45, 7) is 7.09. The predicted octanol–water partition coefficient (Wildman–Crippen LogP) is 3.09. The van der Waals surface area contributed by atoms with E-state index in [4.69, 9.17) is 4.74 Å². The predicted molar refractivity (Wildman–Crippen MR) is 87.7 cm³/mol. The Labute approximate surface area is 135 Å². The molecule has 7 nitrogen and oxygen atoms in total. The molecule has 0 saturated carbocycles. The first-order chi connectivity index (χ1) is 10.7. The van der Waals surface area contributed by atoms with Crippen LogP contribution in [-0.4, -0.2) is 35.7 Å². The van der Waals surface area contributed by atoms with Crippen LogP contribution in [0, 0.1) is 10.1 Å². The molecular weight excluding hydrogens is 298 g/mol. The second-order valence-electron chi connectivity index (χ2n) is 6.68. The third-order valence-corrected chi connectivity index (χ3v) is 3.64. The Balaban J connectivity index is 1.84. The zero-order valence-corrected chi connectivity index (χ0v) is 13.7. The van der Waals surface area contributed by atoms with E-state index < -0.39 is 10.5 Å². The van der Waals surface area contributed by atoms with Crippen LogP contribution >= 0.6 is 0 Å². The molecule has 1 fully saturated rings. The maximum atomic E-state index is 11.8.